The van der Waals surface area contributed by atoms with Gasteiger partial charge in [0.1, 0.15) is 6.04 Å². The average Bonchev–Trinajstić information content (AvgIpc) is 2.53. The van der Waals surface area contributed by atoms with E-state index in [9.17, 15) is 4.79 Å². The van der Waals surface area contributed by atoms with E-state index in [1.54, 1.807) is 0 Å². The second-order valence-electron chi connectivity index (χ2n) is 3.26. The summed E-state index contributed by atoms with van der Waals surface area (Å²) in [7, 11) is 0. The first kappa shape index (κ1) is 14.0. The fourth-order valence-electron chi connectivity index (χ4n) is 1.81. The molecule has 0 aliphatic carbocycles. The van der Waals surface area contributed by atoms with Crippen molar-refractivity contribution in [2.75, 3.05) is 32.8 Å². The van der Waals surface area contributed by atoms with E-state index in [1.807, 2.05) is 0 Å². The van der Waals surface area contributed by atoms with Crippen molar-refractivity contribution in [1.29, 1.82) is 0 Å². The molecule has 84 valence electrons. The Balaban J connectivity index is 0.000000845. The van der Waals surface area contributed by atoms with Gasteiger partial charge in [0.05, 0.1) is 6.61 Å². The normalized spacial score (nSPS) is 27.4. The van der Waals surface area contributed by atoms with E-state index in [1.165, 1.54) is 0 Å². The minimum atomic E-state index is -0.0306. The zero-order valence-corrected chi connectivity index (χ0v) is 9.53. The number of carbonyl (C=O) groups is 1. The molecular formula is C8H16Cl2N2O2. The first-order chi connectivity index (χ1) is 5.88. The maximum atomic E-state index is 11.2. The largest absolute Gasteiger partial charge is 0.464 e. The number of piperazine rings is 1. The van der Waals surface area contributed by atoms with E-state index in [-0.39, 0.29) is 36.8 Å². The molecule has 2 heterocycles. The summed E-state index contributed by atoms with van der Waals surface area (Å²) in [4.78, 5) is 13.4. The Morgan fingerprint density at radius 1 is 1.29 bits per heavy atom. The van der Waals surface area contributed by atoms with Gasteiger partial charge in [0.2, 0.25) is 0 Å². The van der Waals surface area contributed by atoms with Crippen LogP contribution in [0.25, 0.3) is 0 Å². The van der Waals surface area contributed by atoms with Gasteiger partial charge >= 0.3 is 5.97 Å². The summed E-state index contributed by atoms with van der Waals surface area (Å²) in [6, 6.07) is 0.0482. The molecule has 14 heavy (non-hydrogen) atoms. The third kappa shape index (κ3) is 2.98. The number of hydrogen-bond acceptors (Lipinski definition) is 4. The van der Waals surface area contributed by atoms with Crippen LogP contribution in [0.2, 0.25) is 0 Å². The Kier molecular flexibility index (Phi) is 6.44. The molecule has 1 unspecified atom stereocenters. The highest BCUT2D eigenvalue weighted by Crippen LogP contribution is 2.13. The summed E-state index contributed by atoms with van der Waals surface area (Å²) in [6.45, 7) is 4.53. The SMILES string of the molecule is Cl.Cl.O=C1OCCC1N1CCNCC1. The maximum absolute atomic E-state index is 11.2. The molecule has 6 heteroatoms. The predicted octanol–water partition coefficient (Wildman–Crippen LogP) is 0.0507. The second kappa shape index (κ2) is 6.45. The number of esters is 1. The number of halogens is 2. The van der Waals surface area contributed by atoms with E-state index >= 15 is 0 Å². The van der Waals surface area contributed by atoms with Crippen LogP contribution >= 0.6 is 24.8 Å². The Hall–Kier alpha value is -0.0300. The van der Waals surface area contributed by atoms with Crippen molar-refractivity contribution in [1.82, 2.24) is 10.2 Å². The Bertz CT molecular complexity index is 186. The van der Waals surface area contributed by atoms with E-state index in [4.69, 9.17) is 4.74 Å². The lowest BCUT2D eigenvalue weighted by Gasteiger charge is -2.30. The van der Waals surface area contributed by atoms with Gasteiger partial charge in [0.15, 0.2) is 0 Å². The fraction of sp³-hybridized carbons (Fsp3) is 0.875. The van der Waals surface area contributed by atoms with E-state index in [2.05, 4.69) is 10.2 Å². The van der Waals surface area contributed by atoms with Crippen molar-refractivity contribution in [3.8, 4) is 0 Å². The standard InChI is InChI=1S/C8H14N2O2.2ClH/c11-8-7(1-6-12-8)10-4-2-9-3-5-10;;/h7,9H,1-6H2;2*1H. The molecule has 0 spiro atoms. The minimum Gasteiger partial charge on any atom is -0.464 e. The van der Waals surface area contributed by atoms with E-state index < -0.39 is 0 Å². The van der Waals surface area contributed by atoms with Crippen molar-refractivity contribution >= 4 is 30.8 Å². The van der Waals surface area contributed by atoms with Crippen LogP contribution in [0.5, 0.6) is 0 Å². The zero-order valence-electron chi connectivity index (χ0n) is 7.90. The molecule has 1 atom stereocenters. The fourth-order valence-corrected chi connectivity index (χ4v) is 1.81. The van der Waals surface area contributed by atoms with Crippen molar-refractivity contribution < 1.29 is 9.53 Å². The smallest absolute Gasteiger partial charge is 0.323 e. The molecule has 2 aliphatic rings. The third-order valence-corrected chi connectivity index (χ3v) is 2.50. The first-order valence-electron chi connectivity index (χ1n) is 4.49. The number of ether oxygens (including phenoxy) is 1. The summed E-state index contributed by atoms with van der Waals surface area (Å²) in [5.41, 5.74) is 0. The Morgan fingerprint density at radius 3 is 2.43 bits per heavy atom. The van der Waals surface area contributed by atoms with Gasteiger partial charge in [-0.15, -0.1) is 24.8 Å². The topological polar surface area (TPSA) is 41.6 Å². The van der Waals surface area contributed by atoms with Gasteiger partial charge in [-0.2, -0.15) is 0 Å². The van der Waals surface area contributed by atoms with Crippen molar-refractivity contribution in [3.05, 3.63) is 0 Å². The lowest BCUT2D eigenvalue weighted by molar-refractivity contribution is -0.142. The van der Waals surface area contributed by atoms with Crippen LogP contribution in [-0.2, 0) is 9.53 Å². The molecule has 0 radical (unpaired) electrons. The van der Waals surface area contributed by atoms with Gasteiger partial charge in [-0.1, -0.05) is 0 Å². The summed E-state index contributed by atoms with van der Waals surface area (Å²) in [5.74, 6) is -0.0306. The van der Waals surface area contributed by atoms with Crippen LogP contribution in [-0.4, -0.2) is 49.7 Å². The summed E-state index contributed by atoms with van der Waals surface area (Å²) in [6.07, 6.45) is 0.874. The molecule has 4 nitrogen and oxygen atoms in total. The van der Waals surface area contributed by atoms with Gasteiger partial charge in [0.25, 0.3) is 0 Å². The zero-order chi connectivity index (χ0) is 8.39. The van der Waals surface area contributed by atoms with Gasteiger partial charge in [-0.3, -0.25) is 9.69 Å². The Morgan fingerprint density at radius 2 is 1.93 bits per heavy atom. The van der Waals surface area contributed by atoms with Crippen LogP contribution < -0.4 is 5.32 Å². The molecule has 2 aliphatic heterocycles. The second-order valence-corrected chi connectivity index (χ2v) is 3.26. The van der Waals surface area contributed by atoms with E-state index in [0.29, 0.717) is 6.61 Å². The number of cyclic esters (lactones) is 1. The quantitative estimate of drug-likeness (QED) is 0.661. The molecule has 0 saturated carbocycles. The molecule has 2 fully saturated rings. The van der Waals surface area contributed by atoms with Gasteiger partial charge < -0.3 is 10.1 Å². The molecule has 0 aromatic carbocycles. The molecule has 0 aromatic rings. The van der Waals surface area contributed by atoms with Crippen LogP contribution in [0, 0.1) is 0 Å². The summed E-state index contributed by atoms with van der Waals surface area (Å²) in [5, 5.41) is 3.26. The van der Waals surface area contributed by atoms with Crippen LogP contribution in [0.4, 0.5) is 0 Å². The van der Waals surface area contributed by atoms with Gasteiger partial charge in [-0.25, -0.2) is 0 Å². The number of hydrogen-bond donors (Lipinski definition) is 1. The number of nitrogens with one attached hydrogen (secondary N) is 1. The molecule has 0 bridgehead atoms. The van der Waals surface area contributed by atoms with Crippen molar-refractivity contribution in [2.45, 2.75) is 12.5 Å². The molecule has 0 aromatic heterocycles. The van der Waals surface area contributed by atoms with Gasteiger partial charge in [-0.05, 0) is 0 Å². The van der Waals surface area contributed by atoms with E-state index in [0.717, 1.165) is 32.6 Å². The summed E-state index contributed by atoms with van der Waals surface area (Å²) >= 11 is 0. The molecule has 2 saturated heterocycles. The lowest BCUT2D eigenvalue weighted by atomic mass is 10.2. The summed E-state index contributed by atoms with van der Waals surface area (Å²) < 4.78 is 4.92. The maximum Gasteiger partial charge on any atom is 0.323 e. The predicted molar refractivity (Wildman–Crippen MR) is 58.3 cm³/mol. The number of carbonyl (C=O) groups excluding carboxylic acids is 1. The minimum absolute atomic E-state index is 0. The highest BCUT2D eigenvalue weighted by Gasteiger charge is 2.32. The molecule has 1 N–H and O–H groups in total. The monoisotopic (exact) mass is 242 g/mol. The third-order valence-electron chi connectivity index (χ3n) is 2.50. The molecule has 0 amide bonds. The van der Waals surface area contributed by atoms with Crippen molar-refractivity contribution in [3.63, 3.8) is 0 Å². The highest BCUT2D eigenvalue weighted by molar-refractivity contribution is 5.85. The first-order valence-corrected chi connectivity index (χ1v) is 4.49. The Labute approximate surface area is 96.2 Å². The van der Waals surface area contributed by atoms with Crippen LogP contribution in [0.3, 0.4) is 0 Å². The molecular weight excluding hydrogens is 227 g/mol. The average molecular weight is 243 g/mol. The molecule has 2 rings (SSSR count). The van der Waals surface area contributed by atoms with Crippen LogP contribution in [0.1, 0.15) is 6.42 Å². The van der Waals surface area contributed by atoms with Gasteiger partial charge in [0, 0.05) is 32.6 Å². The van der Waals surface area contributed by atoms with Crippen molar-refractivity contribution in [2.24, 2.45) is 0 Å². The number of nitrogens with zero attached hydrogens (tertiary/aromatic N) is 1. The number of rotatable bonds is 1. The van der Waals surface area contributed by atoms with Crippen LogP contribution in [0.15, 0.2) is 0 Å². The highest BCUT2D eigenvalue weighted by atomic mass is 35.5. The lowest BCUT2D eigenvalue weighted by Crippen LogP contribution is -2.49.